The summed E-state index contributed by atoms with van der Waals surface area (Å²) in [6, 6.07) is 0. The molecule has 1 rings (SSSR count). The number of carbonyl (C=O) groups is 1. The summed E-state index contributed by atoms with van der Waals surface area (Å²) in [4.78, 5) is 11.9. The second kappa shape index (κ2) is 4.88. The maximum absolute atomic E-state index is 11.9. The van der Waals surface area contributed by atoms with E-state index in [0.29, 0.717) is 6.54 Å². The van der Waals surface area contributed by atoms with Gasteiger partial charge in [-0.05, 0) is 38.5 Å². The van der Waals surface area contributed by atoms with E-state index >= 15 is 0 Å². The van der Waals surface area contributed by atoms with Crippen LogP contribution in [-0.2, 0) is 14.6 Å². The highest BCUT2D eigenvalue weighted by Crippen LogP contribution is 2.48. The molecule has 1 N–H and O–H groups in total. The number of alkyl halides is 1. The summed E-state index contributed by atoms with van der Waals surface area (Å²) in [6.45, 7) is 3.47. The van der Waals surface area contributed by atoms with E-state index in [1.165, 1.54) is 13.8 Å². The fraction of sp³-hybridized carbons (Fsp3) is 0.909. The number of hydrogen-bond acceptors (Lipinski definition) is 3. The zero-order chi connectivity index (χ0) is 13.3. The van der Waals surface area contributed by atoms with Crippen molar-refractivity contribution in [1.82, 2.24) is 5.32 Å². The Hall–Kier alpha value is -0.100. The minimum atomic E-state index is -3.38. The third kappa shape index (κ3) is 3.44. The van der Waals surface area contributed by atoms with Gasteiger partial charge >= 0.3 is 0 Å². The van der Waals surface area contributed by atoms with E-state index < -0.39 is 20.5 Å². The van der Waals surface area contributed by atoms with Gasteiger partial charge in [0.25, 0.3) is 0 Å². The van der Waals surface area contributed by atoms with Crippen LogP contribution in [-0.4, -0.2) is 37.2 Å². The Labute approximate surface area is 112 Å². The Morgan fingerprint density at radius 2 is 1.94 bits per heavy atom. The van der Waals surface area contributed by atoms with Gasteiger partial charge in [-0.15, -0.1) is 0 Å². The zero-order valence-corrected chi connectivity index (χ0v) is 12.9. The van der Waals surface area contributed by atoms with Crippen LogP contribution in [0.15, 0.2) is 0 Å². The molecule has 1 amide bonds. The summed E-state index contributed by atoms with van der Waals surface area (Å²) in [5, 5.41) is 3.69. The third-order valence-electron chi connectivity index (χ3n) is 3.68. The molecule has 0 radical (unpaired) electrons. The number of amides is 1. The highest BCUT2D eigenvalue weighted by Gasteiger charge is 2.44. The molecule has 0 aromatic heterocycles. The van der Waals surface area contributed by atoms with Crippen LogP contribution in [0.25, 0.3) is 0 Å². The molecule has 0 aromatic rings. The van der Waals surface area contributed by atoms with E-state index in [4.69, 9.17) is 0 Å². The van der Waals surface area contributed by atoms with Crippen molar-refractivity contribution < 1.29 is 13.2 Å². The fourth-order valence-electron chi connectivity index (χ4n) is 1.54. The van der Waals surface area contributed by atoms with Crippen molar-refractivity contribution in [2.75, 3.05) is 18.1 Å². The topological polar surface area (TPSA) is 63.2 Å². The first kappa shape index (κ1) is 15.0. The maximum atomic E-state index is 11.9. The number of rotatable bonds is 6. The minimum absolute atomic E-state index is 0.201. The molecule has 1 saturated carbocycles. The quantitative estimate of drug-likeness (QED) is 0.752. The summed E-state index contributed by atoms with van der Waals surface area (Å²) in [7, 11) is -3.38. The van der Waals surface area contributed by atoms with Crippen LogP contribution in [0.1, 0.15) is 33.1 Å². The Kier molecular flexibility index (Phi) is 4.29. The van der Waals surface area contributed by atoms with Gasteiger partial charge in [0.1, 0.15) is 4.75 Å². The molecular formula is C11H20BrNO3S. The van der Waals surface area contributed by atoms with Gasteiger partial charge in [-0.3, -0.25) is 4.79 Å². The minimum Gasteiger partial charge on any atom is -0.354 e. The van der Waals surface area contributed by atoms with Gasteiger partial charge in [0, 0.05) is 18.1 Å². The first-order valence-electron chi connectivity index (χ1n) is 5.68. The van der Waals surface area contributed by atoms with E-state index in [0.717, 1.165) is 30.8 Å². The van der Waals surface area contributed by atoms with Gasteiger partial charge in [0.05, 0.1) is 0 Å². The van der Waals surface area contributed by atoms with Crippen molar-refractivity contribution in [2.45, 2.75) is 37.9 Å². The lowest BCUT2D eigenvalue weighted by Gasteiger charge is -2.23. The molecule has 0 atom stereocenters. The number of carbonyl (C=O) groups excluding carboxylic acids is 1. The van der Waals surface area contributed by atoms with Crippen LogP contribution in [0, 0.1) is 5.41 Å². The Morgan fingerprint density at radius 1 is 1.41 bits per heavy atom. The van der Waals surface area contributed by atoms with Crippen LogP contribution in [0.5, 0.6) is 0 Å². The lowest BCUT2D eigenvalue weighted by molar-refractivity contribution is -0.123. The summed E-state index contributed by atoms with van der Waals surface area (Å²) in [5.74, 6) is -0.402. The molecule has 0 unspecified atom stereocenters. The molecule has 0 spiro atoms. The van der Waals surface area contributed by atoms with E-state index in [1.807, 2.05) is 0 Å². The number of nitrogens with one attached hydrogen (secondary N) is 1. The van der Waals surface area contributed by atoms with Crippen molar-refractivity contribution in [1.29, 1.82) is 0 Å². The molecule has 0 saturated heterocycles. The Balaban J connectivity index is 2.56. The number of hydrogen-bond donors (Lipinski definition) is 1. The molecule has 0 aliphatic heterocycles. The molecule has 0 aromatic carbocycles. The van der Waals surface area contributed by atoms with Crippen LogP contribution >= 0.6 is 15.9 Å². The molecule has 1 aliphatic carbocycles. The highest BCUT2D eigenvalue weighted by atomic mass is 79.9. The standard InChI is InChI=1S/C11H20BrNO3S/c1-10(2,17(3,15)16)9(14)13-8-11(4-5-11)6-7-12/h4-8H2,1-3H3,(H,13,14). The summed E-state index contributed by atoms with van der Waals surface area (Å²) in [5.41, 5.74) is 0.201. The van der Waals surface area contributed by atoms with Crippen LogP contribution in [0.4, 0.5) is 0 Å². The molecule has 100 valence electrons. The Bertz CT molecular complexity index is 399. The molecule has 6 heteroatoms. The maximum Gasteiger partial charge on any atom is 0.240 e. The van der Waals surface area contributed by atoms with Crippen LogP contribution < -0.4 is 5.32 Å². The molecule has 0 heterocycles. The predicted octanol–water partition coefficient (Wildman–Crippen LogP) is 1.49. The lowest BCUT2D eigenvalue weighted by Crippen LogP contribution is -2.48. The average Bonchev–Trinajstić information content (AvgIpc) is 2.94. The molecule has 1 aliphatic rings. The van der Waals surface area contributed by atoms with Gasteiger partial charge in [0.15, 0.2) is 9.84 Å². The normalized spacial score (nSPS) is 18.8. The number of sulfone groups is 1. The fourth-order valence-corrected chi connectivity index (χ4v) is 2.79. The SMILES string of the molecule is CC(C)(C(=O)NCC1(CCBr)CC1)S(C)(=O)=O. The van der Waals surface area contributed by atoms with Crippen molar-refractivity contribution in [3.8, 4) is 0 Å². The highest BCUT2D eigenvalue weighted by molar-refractivity contribution is 9.09. The van der Waals surface area contributed by atoms with Crippen LogP contribution in [0.2, 0.25) is 0 Å². The summed E-state index contributed by atoms with van der Waals surface area (Å²) in [6.07, 6.45) is 4.33. The molecular weight excluding hydrogens is 306 g/mol. The van der Waals surface area contributed by atoms with Gasteiger partial charge < -0.3 is 5.32 Å². The van der Waals surface area contributed by atoms with Gasteiger partial charge in [-0.2, -0.15) is 0 Å². The van der Waals surface area contributed by atoms with Gasteiger partial charge in [0.2, 0.25) is 5.91 Å². The van der Waals surface area contributed by atoms with Crippen LogP contribution in [0.3, 0.4) is 0 Å². The predicted molar refractivity (Wildman–Crippen MR) is 72.0 cm³/mol. The Morgan fingerprint density at radius 3 is 2.29 bits per heavy atom. The van der Waals surface area contributed by atoms with Crippen molar-refractivity contribution >= 4 is 31.7 Å². The molecule has 4 nitrogen and oxygen atoms in total. The first-order valence-corrected chi connectivity index (χ1v) is 8.70. The van der Waals surface area contributed by atoms with E-state index in [1.54, 1.807) is 0 Å². The smallest absolute Gasteiger partial charge is 0.240 e. The van der Waals surface area contributed by atoms with Gasteiger partial charge in [-0.1, -0.05) is 15.9 Å². The molecule has 0 bridgehead atoms. The summed E-state index contributed by atoms with van der Waals surface area (Å²) >= 11 is 3.39. The van der Waals surface area contributed by atoms with Crippen molar-refractivity contribution in [3.63, 3.8) is 0 Å². The first-order chi connectivity index (χ1) is 7.65. The monoisotopic (exact) mass is 325 g/mol. The third-order valence-corrected chi connectivity index (χ3v) is 6.12. The van der Waals surface area contributed by atoms with Gasteiger partial charge in [-0.25, -0.2) is 8.42 Å². The van der Waals surface area contributed by atoms with Crippen molar-refractivity contribution in [2.24, 2.45) is 5.41 Å². The van der Waals surface area contributed by atoms with E-state index in [-0.39, 0.29) is 5.41 Å². The lowest BCUT2D eigenvalue weighted by atomic mass is 10.0. The largest absolute Gasteiger partial charge is 0.354 e. The van der Waals surface area contributed by atoms with Crippen molar-refractivity contribution in [3.05, 3.63) is 0 Å². The molecule has 17 heavy (non-hydrogen) atoms. The second-order valence-electron chi connectivity index (χ2n) is 5.40. The summed E-state index contributed by atoms with van der Waals surface area (Å²) < 4.78 is 21.6. The second-order valence-corrected chi connectivity index (χ2v) is 8.76. The zero-order valence-electron chi connectivity index (χ0n) is 10.5. The van der Waals surface area contributed by atoms with E-state index in [9.17, 15) is 13.2 Å². The molecule has 1 fully saturated rings. The van der Waals surface area contributed by atoms with E-state index in [2.05, 4.69) is 21.2 Å². The number of halogens is 1. The average molecular weight is 326 g/mol.